The predicted molar refractivity (Wildman–Crippen MR) is 103 cm³/mol. The van der Waals surface area contributed by atoms with Gasteiger partial charge in [-0.25, -0.2) is 4.79 Å². The van der Waals surface area contributed by atoms with Crippen molar-refractivity contribution in [1.29, 1.82) is 0 Å². The maximum Gasteiger partial charge on any atom is 0.322 e. The van der Waals surface area contributed by atoms with Crippen LogP contribution in [0.3, 0.4) is 0 Å². The monoisotopic (exact) mass is 389 g/mol. The van der Waals surface area contributed by atoms with Crippen LogP contribution in [-0.2, 0) is 4.79 Å². The third-order valence-electron chi connectivity index (χ3n) is 5.56. The van der Waals surface area contributed by atoms with E-state index in [1.807, 2.05) is 0 Å². The molecule has 2 aliphatic heterocycles. The first-order chi connectivity index (χ1) is 13.5. The fourth-order valence-electron chi connectivity index (χ4n) is 3.83. The fraction of sp³-hybridized carbons (Fsp3) is 0.550. The van der Waals surface area contributed by atoms with Crippen LogP contribution in [0.15, 0.2) is 18.2 Å². The number of carbonyl (C=O) groups excluding carboxylic acids is 3. The number of ether oxygens (including phenoxy) is 2. The number of rotatable bonds is 8. The number of methoxy groups -OCH3 is 2. The number of nitrogens with zero attached hydrogens (tertiary/aromatic N) is 1. The Morgan fingerprint density at radius 3 is 2.50 bits per heavy atom. The maximum atomic E-state index is 12.5. The molecule has 1 aromatic carbocycles. The Kier molecular flexibility index (Phi) is 6.18. The number of unbranched alkanes of at least 4 members (excludes halogenated alkanes) is 1. The summed E-state index contributed by atoms with van der Waals surface area (Å²) in [6, 6.07) is 4.83. The van der Waals surface area contributed by atoms with Crippen molar-refractivity contribution >= 4 is 17.7 Å². The lowest BCUT2D eigenvalue weighted by Gasteiger charge is -2.36. The molecule has 2 aliphatic rings. The predicted octanol–water partition coefficient (Wildman–Crippen LogP) is 1.73. The molecule has 2 fully saturated rings. The zero-order chi connectivity index (χ0) is 20.1. The van der Waals surface area contributed by atoms with E-state index in [1.54, 1.807) is 32.4 Å². The van der Waals surface area contributed by atoms with Crippen LogP contribution in [0.5, 0.6) is 11.5 Å². The molecule has 0 atom stereocenters. The largest absolute Gasteiger partial charge is 0.497 e. The maximum absolute atomic E-state index is 12.5. The van der Waals surface area contributed by atoms with Crippen molar-refractivity contribution in [2.24, 2.45) is 0 Å². The minimum atomic E-state index is -0.730. The van der Waals surface area contributed by atoms with E-state index < -0.39 is 11.6 Å². The Morgan fingerprint density at radius 2 is 1.89 bits per heavy atom. The second-order valence-corrected chi connectivity index (χ2v) is 7.28. The molecule has 1 spiro atoms. The first-order valence-corrected chi connectivity index (χ1v) is 9.58. The minimum Gasteiger partial charge on any atom is -0.497 e. The van der Waals surface area contributed by atoms with Crippen molar-refractivity contribution in [3.05, 3.63) is 23.8 Å². The molecular weight excluding hydrogens is 362 g/mol. The summed E-state index contributed by atoms with van der Waals surface area (Å²) in [7, 11) is 3.12. The normalized spacial score (nSPS) is 18.6. The van der Waals surface area contributed by atoms with Crippen LogP contribution in [0.2, 0.25) is 0 Å². The smallest absolute Gasteiger partial charge is 0.322 e. The molecule has 0 unspecified atom stereocenters. The lowest BCUT2D eigenvalue weighted by Crippen LogP contribution is -2.54. The van der Waals surface area contributed by atoms with Gasteiger partial charge < -0.3 is 19.7 Å². The van der Waals surface area contributed by atoms with Crippen molar-refractivity contribution in [3.8, 4) is 11.5 Å². The van der Waals surface area contributed by atoms with Gasteiger partial charge in [0, 0.05) is 19.5 Å². The summed E-state index contributed by atoms with van der Waals surface area (Å²) in [6.45, 7) is 2.38. The summed E-state index contributed by atoms with van der Waals surface area (Å²) in [5.41, 5.74) is -0.184. The first-order valence-electron chi connectivity index (χ1n) is 9.58. The van der Waals surface area contributed by atoms with Crippen LogP contribution >= 0.6 is 0 Å². The summed E-state index contributed by atoms with van der Waals surface area (Å²) < 4.78 is 10.5. The SMILES string of the molecule is COc1ccc(OC)c(C(=O)CCCCN2CCC3(CC2)NC(=O)NC3=O)c1. The Balaban J connectivity index is 1.43. The molecule has 0 bridgehead atoms. The number of hydrogen-bond donors (Lipinski definition) is 2. The van der Waals surface area contributed by atoms with E-state index in [0.717, 1.165) is 32.5 Å². The Labute approximate surface area is 164 Å². The average Bonchev–Trinajstić information content (AvgIpc) is 2.98. The quantitative estimate of drug-likeness (QED) is 0.399. The van der Waals surface area contributed by atoms with Crippen LogP contribution < -0.4 is 20.1 Å². The number of imide groups is 1. The van der Waals surface area contributed by atoms with Gasteiger partial charge in [-0.1, -0.05) is 0 Å². The average molecular weight is 389 g/mol. The summed E-state index contributed by atoms with van der Waals surface area (Å²) in [5.74, 6) is 1.02. The van der Waals surface area contributed by atoms with Gasteiger partial charge in [0.1, 0.15) is 17.0 Å². The molecule has 8 nitrogen and oxygen atoms in total. The highest BCUT2D eigenvalue weighted by Gasteiger charge is 2.47. The third kappa shape index (κ3) is 4.27. The van der Waals surface area contributed by atoms with E-state index in [9.17, 15) is 14.4 Å². The number of nitrogens with one attached hydrogen (secondary N) is 2. The van der Waals surface area contributed by atoms with Crippen LogP contribution in [0.25, 0.3) is 0 Å². The molecule has 3 amide bonds. The minimum absolute atomic E-state index is 0.0405. The summed E-state index contributed by atoms with van der Waals surface area (Å²) in [5, 5.41) is 5.09. The van der Waals surface area contributed by atoms with Gasteiger partial charge in [-0.2, -0.15) is 0 Å². The molecular formula is C20H27N3O5. The molecule has 3 rings (SSSR count). The number of urea groups is 1. The number of Topliss-reactive ketones (excluding diaryl/α,β-unsaturated/α-hetero) is 1. The Bertz CT molecular complexity index is 756. The van der Waals surface area contributed by atoms with Gasteiger partial charge in [-0.05, 0) is 50.4 Å². The van der Waals surface area contributed by atoms with Crippen molar-refractivity contribution in [2.45, 2.75) is 37.6 Å². The van der Waals surface area contributed by atoms with Crippen molar-refractivity contribution in [3.63, 3.8) is 0 Å². The number of benzene rings is 1. The third-order valence-corrected chi connectivity index (χ3v) is 5.56. The van der Waals surface area contributed by atoms with E-state index in [1.165, 1.54) is 0 Å². The van der Waals surface area contributed by atoms with E-state index in [4.69, 9.17) is 9.47 Å². The molecule has 0 radical (unpaired) electrons. The number of amides is 3. The summed E-state index contributed by atoms with van der Waals surface area (Å²) in [4.78, 5) is 38.2. The van der Waals surface area contributed by atoms with Gasteiger partial charge in [0.05, 0.1) is 19.8 Å². The molecule has 28 heavy (non-hydrogen) atoms. The van der Waals surface area contributed by atoms with Gasteiger partial charge in [-0.15, -0.1) is 0 Å². The Morgan fingerprint density at radius 1 is 1.14 bits per heavy atom. The molecule has 0 saturated carbocycles. The molecule has 2 saturated heterocycles. The lowest BCUT2D eigenvalue weighted by atomic mass is 9.87. The number of likely N-dealkylation sites (tertiary alicyclic amines) is 1. The standard InChI is InChI=1S/C20H27N3O5/c1-27-14-6-7-17(28-2)15(13-14)16(24)5-3-4-10-23-11-8-20(9-12-23)18(25)21-19(26)22-20/h6-7,13H,3-5,8-12H2,1-2H3,(H2,21,22,25,26). The second-order valence-electron chi connectivity index (χ2n) is 7.28. The van der Waals surface area contributed by atoms with E-state index in [0.29, 0.717) is 36.3 Å². The van der Waals surface area contributed by atoms with Crippen LogP contribution in [0.4, 0.5) is 4.79 Å². The van der Waals surface area contributed by atoms with Gasteiger partial charge in [0.15, 0.2) is 5.78 Å². The molecule has 0 aliphatic carbocycles. The van der Waals surface area contributed by atoms with Gasteiger partial charge in [0.25, 0.3) is 5.91 Å². The highest BCUT2D eigenvalue weighted by Crippen LogP contribution is 2.27. The molecule has 2 heterocycles. The Hall–Kier alpha value is -2.61. The van der Waals surface area contributed by atoms with E-state index in [-0.39, 0.29) is 11.7 Å². The second kappa shape index (κ2) is 8.60. The zero-order valence-corrected chi connectivity index (χ0v) is 16.4. The van der Waals surface area contributed by atoms with Crippen LogP contribution in [0.1, 0.15) is 42.5 Å². The number of hydrogen-bond acceptors (Lipinski definition) is 6. The highest BCUT2D eigenvalue weighted by molar-refractivity contribution is 6.07. The van der Waals surface area contributed by atoms with Crippen LogP contribution in [0, 0.1) is 0 Å². The topological polar surface area (TPSA) is 97.0 Å². The lowest BCUT2D eigenvalue weighted by molar-refractivity contribution is -0.125. The number of piperidine rings is 1. The van der Waals surface area contributed by atoms with Crippen molar-refractivity contribution in [1.82, 2.24) is 15.5 Å². The molecule has 2 N–H and O–H groups in total. The molecule has 152 valence electrons. The summed E-state index contributed by atoms with van der Waals surface area (Å²) >= 11 is 0. The molecule has 8 heteroatoms. The van der Waals surface area contributed by atoms with Crippen LogP contribution in [-0.4, -0.2) is 62.0 Å². The van der Waals surface area contributed by atoms with Gasteiger partial charge >= 0.3 is 6.03 Å². The first kappa shape index (κ1) is 20.1. The van der Waals surface area contributed by atoms with E-state index >= 15 is 0 Å². The van der Waals surface area contributed by atoms with Gasteiger partial charge in [0.2, 0.25) is 0 Å². The van der Waals surface area contributed by atoms with Crippen molar-refractivity contribution in [2.75, 3.05) is 33.9 Å². The van der Waals surface area contributed by atoms with E-state index in [2.05, 4.69) is 15.5 Å². The highest BCUT2D eigenvalue weighted by atomic mass is 16.5. The molecule has 0 aromatic heterocycles. The zero-order valence-electron chi connectivity index (χ0n) is 16.4. The van der Waals surface area contributed by atoms with Crippen molar-refractivity contribution < 1.29 is 23.9 Å². The number of carbonyl (C=O) groups is 3. The summed E-state index contributed by atoms with van der Waals surface area (Å²) in [6.07, 6.45) is 3.34. The van der Waals surface area contributed by atoms with Gasteiger partial charge in [-0.3, -0.25) is 14.9 Å². The molecule has 1 aromatic rings. The number of ketones is 1. The fourth-order valence-corrected chi connectivity index (χ4v) is 3.83.